The number of hydrogen-bond donors (Lipinski definition) is 0. The lowest BCUT2D eigenvalue weighted by atomic mass is 10.0. The number of hydrogen-bond acceptors (Lipinski definition) is 1. The van der Waals surface area contributed by atoms with Crippen molar-refractivity contribution in [3.63, 3.8) is 0 Å². The number of rotatable bonds is 3. The predicted molar refractivity (Wildman–Crippen MR) is 57.2 cm³/mol. The minimum atomic E-state index is 0.269. The Morgan fingerprint density at radius 3 is 2.58 bits per heavy atom. The lowest BCUT2D eigenvalue weighted by molar-refractivity contribution is 0.569. The summed E-state index contributed by atoms with van der Waals surface area (Å²) in [6.07, 6.45) is 1.11. The molecule has 0 fully saturated rings. The molecule has 0 aliphatic carbocycles. The lowest BCUT2D eigenvalue weighted by Crippen LogP contribution is -2.09. The summed E-state index contributed by atoms with van der Waals surface area (Å²) in [6, 6.07) is 2.25. The fourth-order valence-electron chi connectivity index (χ4n) is 1.14. The molecule has 0 amide bonds. The Bertz CT molecular complexity index is 240. The molecule has 1 rings (SSSR count). The zero-order valence-corrected chi connectivity index (χ0v) is 9.38. The van der Waals surface area contributed by atoms with Gasteiger partial charge in [0.1, 0.15) is 0 Å². The average Bonchev–Trinajstić information content (AvgIpc) is 2.35. The molecular formula is C10H15ClS. The van der Waals surface area contributed by atoms with Crippen LogP contribution in [0, 0.1) is 12.8 Å². The first-order valence-corrected chi connectivity index (χ1v) is 5.59. The number of thiophene rings is 1. The van der Waals surface area contributed by atoms with Gasteiger partial charge in [0, 0.05) is 10.3 Å². The van der Waals surface area contributed by atoms with Crippen molar-refractivity contribution in [2.24, 2.45) is 5.92 Å². The maximum absolute atomic E-state index is 5.99. The van der Waals surface area contributed by atoms with Crippen LogP contribution in [0.5, 0.6) is 0 Å². The van der Waals surface area contributed by atoms with Crippen LogP contribution in [0.2, 0.25) is 0 Å². The number of halogens is 1. The van der Waals surface area contributed by atoms with E-state index in [1.807, 2.05) is 11.3 Å². The van der Waals surface area contributed by atoms with Crippen LogP contribution in [0.3, 0.4) is 0 Å². The van der Waals surface area contributed by atoms with Gasteiger partial charge < -0.3 is 0 Å². The molecule has 68 valence electrons. The molecule has 1 aromatic rings. The summed E-state index contributed by atoms with van der Waals surface area (Å²) in [6.45, 7) is 6.40. The topological polar surface area (TPSA) is 0 Å². The molecule has 2 unspecified atom stereocenters. The van der Waals surface area contributed by atoms with E-state index in [4.69, 9.17) is 11.6 Å². The smallest absolute Gasteiger partial charge is 0.0336 e. The predicted octanol–water partition coefficient (Wildman–Crippen LogP) is 3.86. The molecule has 0 saturated carbocycles. The average molecular weight is 203 g/mol. The van der Waals surface area contributed by atoms with E-state index in [0.29, 0.717) is 5.92 Å². The van der Waals surface area contributed by atoms with Gasteiger partial charge in [0.15, 0.2) is 0 Å². The van der Waals surface area contributed by atoms with Crippen LogP contribution in [0.4, 0.5) is 0 Å². The molecule has 0 saturated heterocycles. The maximum Gasteiger partial charge on any atom is 0.0336 e. The summed E-state index contributed by atoms with van der Waals surface area (Å²) in [4.78, 5) is 1.39. The van der Waals surface area contributed by atoms with Crippen molar-refractivity contribution >= 4 is 22.9 Å². The third-order valence-corrected chi connectivity index (χ3v) is 3.47. The largest absolute Gasteiger partial charge is 0.149 e. The second-order valence-corrected chi connectivity index (χ2v) is 5.23. The molecule has 0 radical (unpaired) electrons. The van der Waals surface area contributed by atoms with Gasteiger partial charge in [0.2, 0.25) is 0 Å². The Labute approximate surface area is 83.6 Å². The first kappa shape index (κ1) is 10.1. The van der Waals surface area contributed by atoms with Crippen molar-refractivity contribution in [2.45, 2.75) is 32.6 Å². The minimum absolute atomic E-state index is 0.269. The summed E-state index contributed by atoms with van der Waals surface area (Å²) in [7, 11) is 0. The van der Waals surface area contributed by atoms with E-state index >= 15 is 0 Å². The molecule has 0 nitrogen and oxygen atoms in total. The highest BCUT2D eigenvalue weighted by Gasteiger charge is 2.10. The van der Waals surface area contributed by atoms with Crippen LogP contribution in [-0.2, 0) is 6.42 Å². The Hall–Kier alpha value is -0.0100. The third kappa shape index (κ3) is 2.80. The van der Waals surface area contributed by atoms with Crippen molar-refractivity contribution in [3.8, 4) is 0 Å². The fraction of sp³-hybridized carbons (Fsp3) is 0.600. The quantitative estimate of drug-likeness (QED) is 0.653. The molecule has 12 heavy (non-hydrogen) atoms. The lowest BCUT2D eigenvalue weighted by Gasteiger charge is -2.11. The van der Waals surface area contributed by atoms with Crippen LogP contribution in [-0.4, -0.2) is 5.38 Å². The molecule has 0 aromatic carbocycles. The van der Waals surface area contributed by atoms with Gasteiger partial charge in [-0.3, -0.25) is 0 Å². The maximum atomic E-state index is 5.99. The zero-order valence-electron chi connectivity index (χ0n) is 7.80. The Kier molecular flexibility index (Phi) is 3.60. The normalized spacial score (nSPS) is 16.0. The highest BCUT2D eigenvalue weighted by molar-refractivity contribution is 7.10. The van der Waals surface area contributed by atoms with Crippen LogP contribution in [0.15, 0.2) is 11.4 Å². The van der Waals surface area contributed by atoms with Crippen molar-refractivity contribution < 1.29 is 0 Å². The van der Waals surface area contributed by atoms with Gasteiger partial charge in [0.25, 0.3) is 0 Å². The van der Waals surface area contributed by atoms with E-state index in [1.165, 1.54) is 10.4 Å². The van der Waals surface area contributed by atoms with E-state index in [-0.39, 0.29) is 5.38 Å². The molecule has 0 aliphatic rings. The van der Waals surface area contributed by atoms with Crippen molar-refractivity contribution in [2.75, 3.05) is 0 Å². The van der Waals surface area contributed by atoms with Crippen molar-refractivity contribution in [1.82, 2.24) is 0 Å². The second-order valence-electron chi connectivity index (χ2n) is 3.42. The summed E-state index contributed by atoms with van der Waals surface area (Å²) < 4.78 is 0. The Balaban J connectivity index is 2.52. The Morgan fingerprint density at radius 2 is 2.17 bits per heavy atom. The molecule has 1 aromatic heterocycles. The van der Waals surface area contributed by atoms with Crippen LogP contribution in [0.1, 0.15) is 24.3 Å². The van der Waals surface area contributed by atoms with E-state index in [9.17, 15) is 0 Å². The summed E-state index contributed by atoms with van der Waals surface area (Å²) in [5.41, 5.74) is 1.43. The standard InChI is InChI=1S/C10H15ClS/c1-7(9(3)11)4-10-5-8(2)12-6-10/h5-7,9H,4H2,1-3H3. The van der Waals surface area contributed by atoms with Crippen molar-refractivity contribution in [3.05, 3.63) is 21.9 Å². The highest BCUT2D eigenvalue weighted by atomic mass is 35.5. The van der Waals surface area contributed by atoms with E-state index in [2.05, 4.69) is 32.2 Å². The second kappa shape index (κ2) is 4.29. The fourth-order valence-corrected chi connectivity index (χ4v) is 1.95. The van der Waals surface area contributed by atoms with Gasteiger partial charge in [0.05, 0.1) is 0 Å². The van der Waals surface area contributed by atoms with Gasteiger partial charge >= 0.3 is 0 Å². The molecule has 0 spiro atoms. The first-order chi connectivity index (χ1) is 5.59. The molecule has 0 bridgehead atoms. The SMILES string of the molecule is Cc1cc(CC(C)C(C)Cl)cs1. The van der Waals surface area contributed by atoms with Gasteiger partial charge in [-0.1, -0.05) is 6.92 Å². The molecular weight excluding hydrogens is 188 g/mol. The van der Waals surface area contributed by atoms with Crippen LogP contribution >= 0.6 is 22.9 Å². The van der Waals surface area contributed by atoms with E-state index < -0.39 is 0 Å². The Morgan fingerprint density at radius 1 is 1.50 bits per heavy atom. The number of alkyl halides is 1. The zero-order chi connectivity index (χ0) is 9.14. The van der Waals surface area contributed by atoms with Crippen LogP contribution in [0.25, 0.3) is 0 Å². The molecule has 0 N–H and O–H groups in total. The molecule has 1 heterocycles. The summed E-state index contributed by atoms with van der Waals surface area (Å²) in [5, 5.41) is 2.50. The molecule has 2 heteroatoms. The highest BCUT2D eigenvalue weighted by Crippen LogP contribution is 2.20. The molecule has 0 aliphatic heterocycles. The summed E-state index contributed by atoms with van der Waals surface area (Å²) in [5.74, 6) is 0.570. The monoisotopic (exact) mass is 202 g/mol. The summed E-state index contributed by atoms with van der Waals surface area (Å²) >= 11 is 7.80. The van der Waals surface area contributed by atoms with Gasteiger partial charge in [-0.25, -0.2) is 0 Å². The van der Waals surface area contributed by atoms with Crippen molar-refractivity contribution in [1.29, 1.82) is 0 Å². The third-order valence-electron chi connectivity index (χ3n) is 2.13. The van der Waals surface area contributed by atoms with Gasteiger partial charge in [-0.05, 0) is 43.2 Å². The van der Waals surface area contributed by atoms with Gasteiger partial charge in [-0.2, -0.15) is 0 Å². The van der Waals surface area contributed by atoms with Gasteiger partial charge in [-0.15, -0.1) is 22.9 Å². The molecule has 2 atom stereocenters. The first-order valence-electron chi connectivity index (χ1n) is 4.27. The number of aryl methyl sites for hydroxylation is 1. The van der Waals surface area contributed by atoms with E-state index in [0.717, 1.165) is 6.42 Å². The van der Waals surface area contributed by atoms with Crippen LogP contribution < -0.4 is 0 Å². The minimum Gasteiger partial charge on any atom is -0.149 e. The van der Waals surface area contributed by atoms with E-state index in [1.54, 1.807) is 0 Å².